The van der Waals surface area contributed by atoms with Gasteiger partial charge in [0.15, 0.2) is 11.5 Å². The van der Waals surface area contributed by atoms with E-state index in [0.29, 0.717) is 24.7 Å². The molecular formula is C29H35BrN2O3. The van der Waals surface area contributed by atoms with E-state index in [9.17, 15) is 4.79 Å². The summed E-state index contributed by atoms with van der Waals surface area (Å²) < 4.78 is 12.7. The zero-order valence-electron chi connectivity index (χ0n) is 20.7. The molecule has 0 unspecified atom stereocenters. The molecule has 0 bridgehead atoms. The molecule has 3 rings (SSSR count). The van der Waals surface area contributed by atoms with E-state index < -0.39 is 0 Å². The molecule has 0 aliphatic heterocycles. The Morgan fingerprint density at radius 1 is 0.971 bits per heavy atom. The van der Waals surface area contributed by atoms with E-state index in [1.807, 2.05) is 61.5 Å². The predicted octanol–water partition coefficient (Wildman–Crippen LogP) is 7.43. The van der Waals surface area contributed by atoms with Gasteiger partial charge in [0.05, 0.1) is 30.3 Å². The number of halogens is 1. The molecule has 0 radical (unpaired) electrons. The van der Waals surface area contributed by atoms with Crippen LogP contribution in [0.5, 0.6) is 11.5 Å². The summed E-state index contributed by atoms with van der Waals surface area (Å²) in [5, 5.41) is 6.36. The summed E-state index contributed by atoms with van der Waals surface area (Å²) in [5.41, 5.74) is 4.42. The highest BCUT2D eigenvalue weighted by molar-refractivity contribution is 9.10. The van der Waals surface area contributed by atoms with Gasteiger partial charge in [0.2, 0.25) is 5.91 Å². The first-order chi connectivity index (χ1) is 17.1. The van der Waals surface area contributed by atoms with Crippen molar-refractivity contribution in [1.82, 2.24) is 5.43 Å². The van der Waals surface area contributed by atoms with Gasteiger partial charge < -0.3 is 9.47 Å². The fourth-order valence-electron chi connectivity index (χ4n) is 3.96. The molecule has 186 valence electrons. The summed E-state index contributed by atoms with van der Waals surface area (Å²) in [5.74, 6) is 1.20. The van der Waals surface area contributed by atoms with Crippen LogP contribution in [-0.4, -0.2) is 25.3 Å². The molecule has 0 saturated heterocycles. The molecule has 0 saturated carbocycles. The molecule has 1 amide bonds. The Hall–Kier alpha value is -2.86. The maximum atomic E-state index is 12.5. The van der Waals surface area contributed by atoms with Crippen molar-refractivity contribution in [3.63, 3.8) is 0 Å². The summed E-state index contributed by atoms with van der Waals surface area (Å²) in [7, 11) is 0. The lowest BCUT2D eigenvalue weighted by Crippen LogP contribution is -2.19. The van der Waals surface area contributed by atoms with Crippen LogP contribution in [0.15, 0.2) is 64.2 Å². The van der Waals surface area contributed by atoms with Gasteiger partial charge in [-0.25, -0.2) is 5.43 Å². The van der Waals surface area contributed by atoms with Crippen LogP contribution < -0.4 is 14.9 Å². The van der Waals surface area contributed by atoms with E-state index in [1.54, 1.807) is 6.21 Å². The summed E-state index contributed by atoms with van der Waals surface area (Å²) in [6, 6.07) is 17.8. The first-order valence-electron chi connectivity index (χ1n) is 12.5. The Morgan fingerprint density at radius 3 is 2.57 bits per heavy atom. The highest BCUT2D eigenvalue weighted by atomic mass is 79.9. The molecule has 0 fully saturated rings. The second-order valence-electron chi connectivity index (χ2n) is 8.49. The Balaban J connectivity index is 1.57. The van der Waals surface area contributed by atoms with E-state index in [1.165, 1.54) is 32.1 Å². The maximum absolute atomic E-state index is 12.5. The van der Waals surface area contributed by atoms with E-state index in [-0.39, 0.29) is 12.3 Å². The number of carbonyl (C=O) groups is 1. The normalized spacial score (nSPS) is 11.2. The number of hydrogen-bond acceptors (Lipinski definition) is 4. The average molecular weight is 540 g/mol. The van der Waals surface area contributed by atoms with Crippen LogP contribution in [0.2, 0.25) is 0 Å². The largest absolute Gasteiger partial charge is 0.490 e. The molecule has 1 N–H and O–H groups in total. The number of rotatable bonds is 14. The monoisotopic (exact) mass is 538 g/mol. The minimum Gasteiger partial charge on any atom is -0.490 e. The second kappa shape index (κ2) is 14.5. The van der Waals surface area contributed by atoms with Gasteiger partial charge in [-0.05, 0) is 63.3 Å². The lowest BCUT2D eigenvalue weighted by Gasteiger charge is -2.14. The van der Waals surface area contributed by atoms with Gasteiger partial charge >= 0.3 is 0 Å². The molecule has 0 aromatic heterocycles. The number of fused-ring (bicyclic) bond motifs is 1. The molecule has 3 aromatic rings. The number of amides is 1. The maximum Gasteiger partial charge on any atom is 0.244 e. The zero-order chi connectivity index (χ0) is 24.9. The SMILES string of the molecule is CCCCCCCCOc1c(Br)cc(/C=N/NC(=O)Cc2cccc3ccccc23)cc1OCC. The van der Waals surface area contributed by atoms with Gasteiger partial charge in [0.25, 0.3) is 0 Å². The third-order valence-corrected chi connectivity index (χ3v) is 6.30. The standard InChI is InChI=1S/C29H35BrN2O3/c1-3-5-6-7-8-11-17-35-29-26(30)18-22(19-27(29)34-4-2)21-31-32-28(33)20-24-15-12-14-23-13-9-10-16-25(23)24/h9-10,12-16,18-19,21H,3-8,11,17,20H2,1-2H3,(H,32,33)/b31-21+. The first-order valence-corrected chi connectivity index (χ1v) is 13.3. The Bertz CT molecular complexity index is 1120. The van der Waals surface area contributed by atoms with Gasteiger partial charge in [-0.15, -0.1) is 0 Å². The topological polar surface area (TPSA) is 59.9 Å². The summed E-state index contributed by atoms with van der Waals surface area (Å²) in [4.78, 5) is 12.5. The highest BCUT2D eigenvalue weighted by Gasteiger charge is 2.12. The number of hydrogen-bond donors (Lipinski definition) is 1. The molecule has 35 heavy (non-hydrogen) atoms. The molecular weight excluding hydrogens is 504 g/mol. The van der Waals surface area contributed by atoms with Crippen LogP contribution in [0, 0.1) is 0 Å². The average Bonchev–Trinajstić information content (AvgIpc) is 2.85. The van der Waals surface area contributed by atoms with Gasteiger partial charge in [0, 0.05) is 0 Å². The number of nitrogens with one attached hydrogen (secondary N) is 1. The third kappa shape index (κ3) is 8.39. The van der Waals surface area contributed by atoms with Crippen molar-refractivity contribution in [2.45, 2.75) is 58.8 Å². The van der Waals surface area contributed by atoms with Crippen molar-refractivity contribution in [1.29, 1.82) is 0 Å². The Labute approximate surface area is 217 Å². The smallest absolute Gasteiger partial charge is 0.244 e. The number of benzene rings is 3. The molecule has 3 aromatic carbocycles. The molecule has 5 nitrogen and oxygen atoms in total. The van der Waals surface area contributed by atoms with E-state index in [2.05, 4.69) is 33.4 Å². The van der Waals surface area contributed by atoms with Gasteiger partial charge in [0.1, 0.15) is 0 Å². The van der Waals surface area contributed by atoms with E-state index >= 15 is 0 Å². The van der Waals surface area contributed by atoms with Gasteiger partial charge in [-0.3, -0.25) is 4.79 Å². The molecule has 0 spiro atoms. The predicted molar refractivity (Wildman–Crippen MR) is 148 cm³/mol. The number of hydrazone groups is 1. The molecule has 0 atom stereocenters. The first kappa shape index (κ1) is 26.7. The molecule has 0 aliphatic carbocycles. The fraction of sp³-hybridized carbons (Fsp3) is 0.379. The van der Waals surface area contributed by atoms with Crippen LogP contribution in [-0.2, 0) is 11.2 Å². The lowest BCUT2D eigenvalue weighted by atomic mass is 10.0. The number of nitrogens with zero attached hydrogens (tertiary/aromatic N) is 1. The summed E-state index contributed by atoms with van der Waals surface area (Å²) in [6.07, 6.45) is 9.16. The van der Waals surface area contributed by atoms with Crippen LogP contribution >= 0.6 is 15.9 Å². The molecule has 0 heterocycles. The fourth-order valence-corrected chi connectivity index (χ4v) is 4.53. The van der Waals surface area contributed by atoms with Gasteiger partial charge in [-0.1, -0.05) is 81.5 Å². The second-order valence-corrected chi connectivity index (χ2v) is 9.34. The molecule has 6 heteroatoms. The number of ether oxygens (including phenoxy) is 2. The van der Waals surface area contributed by atoms with E-state index in [0.717, 1.165) is 32.8 Å². The third-order valence-electron chi connectivity index (χ3n) is 5.71. The van der Waals surface area contributed by atoms with Crippen molar-refractivity contribution < 1.29 is 14.3 Å². The van der Waals surface area contributed by atoms with Crippen LogP contribution in [0.4, 0.5) is 0 Å². The number of unbranched alkanes of at least 4 members (excludes halogenated alkanes) is 5. The minimum atomic E-state index is -0.166. The van der Waals surface area contributed by atoms with Crippen molar-refractivity contribution in [3.8, 4) is 11.5 Å². The Morgan fingerprint density at radius 2 is 1.74 bits per heavy atom. The highest BCUT2D eigenvalue weighted by Crippen LogP contribution is 2.36. The van der Waals surface area contributed by atoms with Gasteiger partial charge in [-0.2, -0.15) is 5.10 Å². The van der Waals surface area contributed by atoms with Crippen molar-refractivity contribution >= 4 is 38.8 Å². The van der Waals surface area contributed by atoms with Crippen LogP contribution in [0.25, 0.3) is 10.8 Å². The summed E-state index contributed by atoms with van der Waals surface area (Å²) >= 11 is 3.61. The van der Waals surface area contributed by atoms with Crippen LogP contribution in [0.1, 0.15) is 63.5 Å². The van der Waals surface area contributed by atoms with Crippen molar-refractivity contribution in [2.75, 3.05) is 13.2 Å². The minimum absolute atomic E-state index is 0.166. The Kier molecular flexibility index (Phi) is 11.1. The quantitative estimate of drug-likeness (QED) is 0.132. The van der Waals surface area contributed by atoms with Crippen molar-refractivity contribution in [3.05, 3.63) is 70.2 Å². The summed E-state index contributed by atoms with van der Waals surface area (Å²) in [6.45, 7) is 5.36. The van der Waals surface area contributed by atoms with E-state index in [4.69, 9.17) is 9.47 Å². The zero-order valence-corrected chi connectivity index (χ0v) is 22.3. The van der Waals surface area contributed by atoms with Crippen LogP contribution in [0.3, 0.4) is 0 Å². The van der Waals surface area contributed by atoms with Crippen molar-refractivity contribution in [2.24, 2.45) is 5.10 Å². The number of carbonyl (C=O) groups excluding carboxylic acids is 1. The lowest BCUT2D eigenvalue weighted by molar-refractivity contribution is -0.120. The molecule has 0 aliphatic rings.